The molecule has 0 saturated carbocycles. The topological polar surface area (TPSA) is 78.8 Å². The van der Waals surface area contributed by atoms with Crippen LogP contribution in [0.25, 0.3) is 10.6 Å². The number of carbonyl (C=O) groups is 1. The highest BCUT2D eigenvalue weighted by Crippen LogP contribution is 2.23. The normalized spacial score (nSPS) is 10.2. The Kier molecular flexibility index (Phi) is 3.47. The summed E-state index contributed by atoms with van der Waals surface area (Å²) in [6.07, 6.45) is 1.55. The van der Waals surface area contributed by atoms with Crippen LogP contribution in [0.15, 0.2) is 28.9 Å². The minimum Gasteiger partial charge on any atom is -0.549 e. The molecule has 0 fully saturated rings. The van der Waals surface area contributed by atoms with E-state index in [1.165, 1.54) is 0 Å². The Morgan fingerprint density at radius 2 is 2.44 bits per heavy atom. The van der Waals surface area contributed by atoms with Crippen molar-refractivity contribution in [3.05, 3.63) is 23.7 Å². The van der Waals surface area contributed by atoms with Crippen LogP contribution >= 0.6 is 23.1 Å². The van der Waals surface area contributed by atoms with Gasteiger partial charge in [-0.1, -0.05) is 17.8 Å². The Labute approximate surface area is 99.6 Å². The van der Waals surface area contributed by atoms with Gasteiger partial charge in [0, 0.05) is 5.75 Å². The maximum absolute atomic E-state index is 10.3. The van der Waals surface area contributed by atoms with Crippen LogP contribution in [-0.2, 0) is 4.79 Å². The van der Waals surface area contributed by atoms with Crippen LogP contribution < -0.4 is 5.11 Å². The molecule has 0 atom stereocenters. The number of carboxylic acids is 1. The molecule has 2 aromatic heterocycles. The molecule has 5 nitrogen and oxygen atoms in total. The van der Waals surface area contributed by atoms with Crippen LogP contribution in [0.4, 0.5) is 0 Å². The summed E-state index contributed by atoms with van der Waals surface area (Å²) in [5.74, 6) is -1.31. The van der Waals surface area contributed by atoms with Crippen molar-refractivity contribution >= 4 is 29.1 Å². The second kappa shape index (κ2) is 5.04. The second-order valence-electron chi connectivity index (χ2n) is 2.76. The summed E-state index contributed by atoms with van der Waals surface area (Å²) in [6, 6.07) is 3.83. The Morgan fingerprint density at radius 1 is 1.56 bits per heavy atom. The zero-order chi connectivity index (χ0) is 11.4. The van der Waals surface area contributed by atoms with Crippen LogP contribution in [0.3, 0.4) is 0 Å². The van der Waals surface area contributed by atoms with Gasteiger partial charge in [0.2, 0.25) is 5.16 Å². The number of hydrogen-bond acceptors (Lipinski definition) is 7. The molecule has 2 heterocycles. The number of hydrogen-bond donors (Lipinski definition) is 0. The van der Waals surface area contributed by atoms with Crippen LogP contribution in [0.2, 0.25) is 0 Å². The number of thioether (sulfide) groups is 1. The molecule has 0 aromatic carbocycles. The van der Waals surface area contributed by atoms with Gasteiger partial charge in [-0.3, -0.25) is 0 Å². The van der Waals surface area contributed by atoms with Crippen LogP contribution in [0.1, 0.15) is 0 Å². The lowest BCUT2D eigenvalue weighted by Crippen LogP contribution is -2.24. The fraction of sp³-hybridized carbons (Fsp3) is 0.111. The Bertz CT molecular complexity index is 487. The second-order valence-corrected chi connectivity index (χ2v) is 4.65. The van der Waals surface area contributed by atoms with Gasteiger partial charge in [-0.15, -0.1) is 16.4 Å². The summed E-state index contributed by atoms with van der Waals surface area (Å²) >= 11 is 2.54. The molecule has 2 rings (SSSR count). The van der Waals surface area contributed by atoms with Crippen molar-refractivity contribution in [1.29, 1.82) is 0 Å². The van der Waals surface area contributed by atoms with E-state index < -0.39 is 5.97 Å². The van der Waals surface area contributed by atoms with Crippen molar-refractivity contribution in [1.82, 2.24) is 15.2 Å². The number of rotatable bonds is 4. The lowest BCUT2D eigenvalue weighted by molar-refractivity contribution is -0.301. The molecule has 0 aliphatic carbocycles. The fourth-order valence-electron chi connectivity index (χ4n) is 1.01. The molecule has 2 aromatic rings. The first kappa shape index (κ1) is 11.0. The number of carboxylic acid groups (broad SMARTS) is 1. The average molecular weight is 252 g/mol. The molecule has 0 aliphatic heterocycles. The molecule has 0 amide bonds. The molecule has 0 unspecified atom stereocenters. The number of aliphatic carboxylic acids is 1. The van der Waals surface area contributed by atoms with Crippen LogP contribution in [0.5, 0.6) is 0 Å². The van der Waals surface area contributed by atoms with Crippen molar-refractivity contribution in [3.63, 3.8) is 0 Å². The lowest BCUT2D eigenvalue weighted by atomic mass is 10.4. The van der Waals surface area contributed by atoms with E-state index in [1.807, 2.05) is 17.5 Å². The Balaban J connectivity index is 2.17. The lowest BCUT2D eigenvalue weighted by Gasteiger charge is -2.01. The molecule has 0 aliphatic rings. The van der Waals surface area contributed by atoms with Crippen molar-refractivity contribution in [2.45, 2.75) is 5.16 Å². The van der Waals surface area contributed by atoms with Gasteiger partial charge >= 0.3 is 0 Å². The zero-order valence-electron chi connectivity index (χ0n) is 7.99. The molecule has 0 radical (unpaired) electrons. The van der Waals surface area contributed by atoms with E-state index >= 15 is 0 Å². The molecular formula is C9H6N3O2S2-. The highest BCUT2D eigenvalue weighted by atomic mass is 32.2. The van der Waals surface area contributed by atoms with Crippen molar-refractivity contribution in [3.8, 4) is 10.6 Å². The van der Waals surface area contributed by atoms with Gasteiger partial charge in [0.15, 0.2) is 0 Å². The van der Waals surface area contributed by atoms with Gasteiger partial charge in [-0.25, -0.2) is 4.98 Å². The third-order valence-corrected chi connectivity index (χ3v) is 3.34. The van der Waals surface area contributed by atoms with E-state index in [4.69, 9.17) is 0 Å². The minimum absolute atomic E-state index is 0.171. The summed E-state index contributed by atoms with van der Waals surface area (Å²) < 4.78 is 0. The smallest absolute Gasteiger partial charge is 0.210 e. The molecule has 82 valence electrons. The molecule has 16 heavy (non-hydrogen) atoms. The fourth-order valence-corrected chi connectivity index (χ4v) is 2.21. The third kappa shape index (κ3) is 2.77. The zero-order valence-corrected chi connectivity index (χ0v) is 9.62. The predicted octanol–water partition coefficient (Wildman–Crippen LogP) is 0.442. The van der Waals surface area contributed by atoms with Gasteiger partial charge in [0.1, 0.15) is 5.69 Å². The van der Waals surface area contributed by atoms with Gasteiger partial charge < -0.3 is 9.90 Å². The van der Waals surface area contributed by atoms with Gasteiger partial charge in [-0.2, -0.15) is 5.10 Å². The number of carbonyl (C=O) groups excluding carboxylic acids is 1. The van der Waals surface area contributed by atoms with E-state index in [0.29, 0.717) is 10.9 Å². The first-order valence-electron chi connectivity index (χ1n) is 4.32. The molecule has 0 spiro atoms. The summed E-state index contributed by atoms with van der Waals surface area (Å²) in [5, 5.41) is 20.1. The van der Waals surface area contributed by atoms with Gasteiger partial charge in [0.05, 0.1) is 17.0 Å². The van der Waals surface area contributed by atoms with E-state index in [0.717, 1.165) is 16.6 Å². The molecule has 0 bridgehead atoms. The molecule has 0 N–H and O–H groups in total. The summed E-state index contributed by atoms with van der Waals surface area (Å²) in [5.41, 5.74) is 0.700. The van der Waals surface area contributed by atoms with E-state index in [-0.39, 0.29) is 5.75 Å². The highest BCUT2D eigenvalue weighted by molar-refractivity contribution is 7.99. The number of thiophene rings is 1. The average Bonchev–Trinajstić information content (AvgIpc) is 2.80. The van der Waals surface area contributed by atoms with Gasteiger partial charge in [-0.05, 0) is 11.4 Å². The molecule has 0 saturated heterocycles. The highest BCUT2D eigenvalue weighted by Gasteiger charge is 2.04. The third-order valence-electron chi connectivity index (χ3n) is 1.63. The van der Waals surface area contributed by atoms with Crippen molar-refractivity contribution in [2.24, 2.45) is 0 Å². The van der Waals surface area contributed by atoms with Gasteiger partial charge in [0.25, 0.3) is 0 Å². The Hall–Kier alpha value is -1.47. The molecular weight excluding hydrogens is 246 g/mol. The SMILES string of the molecule is O=C([O-])CSc1nncc(-c2cccs2)n1. The van der Waals surface area contributed by atoms with E-state index in [2.05, 4.69) is 15.2 Å². The Morgan fingerprint density at radius 3 is 3.12 bits per heavy atom. The number of aromatic nitrogens is 3. The quantitative estimate of drug-likeness (QED) is 0.735. The van der Waals surface area contributed by atoms with Crippen molar-refractivity contribution in [2.75, 3.05) is 5.75 Å². The first-order valence-corrected chi connectivity index (χ1v) is 6.18. The van der Waals surface area contributed by atoms with Crippen LogP contribution in [-0.4, -0.2) is 26.9 Å². The number of nitrogens with zero attached hydrogens (tertiary/aromatic N) is 3. The van der Waals surface area contributed by atoms with Crippen LogP contribution in [0, 0.1) is 0 Å². The summed E-state index contributed by atoms with van der Waals surface area (Å²) in [6.45, 7) is 0. The predicted molar refractivity (Wildman–Crippen MR) is 58.9 cm³/mol. The maximum Gasteiger partial charge on any atom is 0.210 e. The minimum atomic E-state index is -1.14. The van der Waals surface area contributed by atoms with Crippen molar-refractivity contribution < 1.29 is 9.90 Å². The largest absolute Gasteiger partial charge is 0.549 e. The monoisotopic (exact) mass is 252 g/mol. The van der Waals surface area contributed by atoms with E-state index in [1.54, 1.807) is 17.5 Å². The standard InChI is InChI=1S/C9H7N3O2S2/c13-8(14)5-16-9-11-6(4-10-12-9)7-2-1-3-15-7/h1-4H,5H2,(H,13,14)/p-1. The molecule has 7 heteroatoms. The summed E-state index contributed by atoms with van der Waals surface area (Å²) in [7, 11) is 0. The maximum atomic E-state index is 10.3. The first-order chi connectivity index (χ1) is 7.75. The summed E-state index contributed by atoms with van der Waals surface area (Å²) in [4.78, 5) is 15.5. The van der Waals surface area contributed by atoms with E-state index in [9.17, 15) is 9.90 Å².